The molecule has 2 heterocycles. The van der Waals surface area contributed by atoms with Crippen LogP contribution in [0.1, 0.15) is 74.3 Å². The van der Waals surface area contributed by atoms with Crippen LogP contribution in [0.25, 0.3) is 6.08 Å². The summed E-state index contributed by atoms with van der Waals surface area (Å²) in [6, 6.07) is 4.36. The number of carbonyl (C=O) groups is 1. The summed E-state index contributed by atoms with van der Waals surface area (Å²) in [6.45, 7) is 21.4. The topological polar surface area (TPSA) is 105 Å². The highest BCUT2D eigenvalue weighted by Crippen LogP contribution is 2.51. The first-order valence-electron chi connectivity index (χ1n) is 13.1. The molecule has 0 bridgehead atoms. The summed E-state index contributed by atoms with van der Waals surface area (Å²) in [5.74, 6) is -0.523. The van der Waals surface area contributed by atoms with Crippen LogP contribution >= 0.6 is 0 Å². The molecule has 1 N–H and O–H groups in total. The molecule has 8 heteroatoms. The third-order valence-corrected chi connectivity index (χ3v) is 5.06. The molecular formula is C30H47N3O5. The number of nitro benzene ring substituents is 1. The summed E-state index contributed by atoms with van der Waals surface area (Å²) in [5.41, 5.74) is -0.360. The molecule has 0 radical (unpaired) electrons. The fourth-order valence-electron chi connectivity index (χ4n) is 3.51. The fourth-order valence-corrected chi connectivity index (χ4v) is 3.51. The zero-order valence-electron chi connectivity index (χ0n) is 24.8. The molecule has 38 heavy (non-hydrogen) atoms. The van der Waals surface area contributed by atoms with E-state index in [1.165, 1.54) is 18.6 Å². The zero-order valence-corrected chi connectivity index (χ0v) is 24.8. The highest BCUT2D eigenvalue weighted by Gasteiger charge is 2.55. The van der Waals surface area contributed by atoms with Gasteiger partial charge < -0.3 is 19.7 Å². The average Bonchev–Trinajstić information content (AvgIpc) is 3.10. The Labute approximate surface area is 229 Å². The molecule has 0 aliphatic carbocycles. The predicted molar refractivity (Wildman–Crippen MR) is 160 cm³/mol. The van der Waals surface area contributed by atoms with Gasteiger partial charge in [0.1, 0.15) is 12.3 Å². The molecule has 1 spiro atoms. The molecule has 212 valence electrons. The van der Waals surface area contributed by atoms with Crippen molar-refractivity contribution >= 4 is 23.9 Å². The molecule has 0 amide bonds. The number of carboxylic acid groups (broad SMARTS) is 1. The Bertz CT molecular complexity index is 1010. The lowest BCUT2D eigenvalue weighted by Gasteiger charge is -2.47. The molecule has 2 aliphatic heterocycles. The van der Waals surface area contributed by atoms with Crippen molar-refractivity contribution in [2.24, 2.45) is 10.4 Å². The van der Waals surface area contributed by atoms with Crippen LogP contribution in [0.3, 0.4) is 0 Å². The largest absolute Gasteiger partial charge is 0.480 e. The van der Waals surface area contributed by atoms with Gasteiger partial charge in [-0.25, -0.2) is 0 Å². The Kier molecular flexibility index (Phi) is 17.8. The first-order chi connectivity index (χ1) is 18.0. The van der Waals surface area contributed by atoms with Crippen molar-refractivity contribution in [3.05, 3.63) is 76.5 Å². The number of nitrogens with zero attached hydrogens (tertiary/aromatic N) is 3. The lowest BCUT2D eigenvalue weighted by molar-refractivity contribution is -0.384. The highest BCUT2D eigenvalue weighted by molar-refractivity contribution is 5.71. The smallest absolute Gasteiger partial charge is 0.323 e. The third-order valence-electron chi connectivity index (χ3n) is 5.06. The number of aliphatic carboxylic acids is 1. The highest BCUT2D eigenvalue weighted by atomic mass is 16.6. The van der Waals surface area contributed by atoms with Crippen LogP contribution in [0.5, 0.6) is 5.75 Å². The number of nitro groups is 1. The first kappa shape index (κ1) is 36.5. The summed E-state index contributed by atoms with van der Waals surface area (Å²) in [5, 5.41) is 20.4. The minimum atomic E-state index is -1.06. The van der Waals surface area contributed by atoms with E-state index in [0.717, 1.165) is 0 Å². The molecule has 1 aromatic rings. The van der Waals surface area contributed by atoms with Gasteiger partial charge in [0.25, 0.3) is 5.69 Å². The number of benzene rings is 1. The number of non-ortho nitro benzene ring substituents is 1. The Balaban J connectivity index is 0. The van der Waals surface area contributed by atoms with Gasteiger partial charge in [-0.3, -0.25) is 14.9 Å². The normalized spacial score (nSPS) is 17.7. The summed E-state index contributed by atoms with van der Waals surface area (Å²) in [6.07, 6.45) is 13.6. The van der Waals surface area contributed by atoms with E-state index in [2.05, 4.69) is 25.4 Å². The average molecular weight is 530 g/mol. The zero-order chi connectivity index (χ0) is 29.9. The van der Waals surface area contributed by atoms with E-state index in [1.807, 2.05) is 54.5 Å². The van der Waals surface area contributed by atoms with E-state index in [9.17, 15) is 20.0 Å². The van der Waals surface area contributed by atoms with Gasteiger partial charge in [0.05, 0.1) is 4.92 Å². The van der Waals surface area contributed by atoms with Crippen molar-refractivity contribution in [1.82, 2.24) is 4.90 Å². The van der Waals surface area contributed by atoms with Gasteiger partial charge in [-0.1, -0.05) is 80.5 Å². The van der Waals surface area contributed by atoms with Crippen molar-refractivity contribution in [2.75, 3.05) is 13.6 Å². The number of aliphatic imine (C=N–C) groups is 1. The Morgan fingerprint density at radius 3 is 2.24 bits per heavy atom. The molecule has 0 aromatic heterocycles. The molecular weight excluding hydrogens is 482 g/mol. The summed E-state index contributed by atoms with van der Waals surface area (Å²) < 4.78 is 6.30. The number of ether oxygens (including phenoxy) is 1. The van der Waals surface area contributed by atoms with Gasteiger partial charge in [0.2, 0.25) is 5.72 Å². The second-order valence-electron chi connectivity index (χ2n) is 8.20. The minimum Gasteiger partial charge on any atom is -0.480 e. The van der Waals surface area contributed by atoms with Crippen molar-refractivity contribution < 1.29 is 19.6 Å². The van der Waals surface area contributed by atoms with Crippen LogP contribution in [0.4, 0.5) is 5.69 Å². The Morgan fingerprint density at radius 2 is 1.79 bits per heavy atom. The van der Waals surface area contributed by atoms with Crippen LogP contribution in [0.2, 0.25) is 0 Å². The molecule has 0 saturated carbocycles. The quantitative estimate of drug-likeness (QED) is 0.180. The first-order valence-corrected chi connectivity index (χ1v) is 13.1. The Hall–Kier alpha value is -3.68. The maximum Gasteiger partial charge on any atom is 0.323 e. The van der Waals surface area contributed by atoms with E-state index in [4.69, 9.17) is 4.74 Å². The van der Waals surface area contributed by atoms with Gasteiger partial charge in [-0.05, 0) is 43.5 Å². The van der Waals surface area contributed by atoms with Crippen molar-refractivity contribution in [3.63, 3.8) is 0 Å². The molecule has 1 aromatic carbocycles. The van der Waals surface area contributed by atoms with E-state index in [1.54, 1.807) is 54.6 Å². The monoisotopic (exact) mass is 529 g/mol. The second-order valence-corrected chi connectivity index (χ2v) is 8.20. The predicted octanol–water partition coefficient (Wildman–Crippen LogP) is 7.92. The summed E-state index contributed by atoms with van der Waals surface area (Å²) in [7, 11) is 1.75. The van der Waals surface area contributed by atoms with Gasteiger partial charge in [0, 0.05) is 35.9 Å². The van der Waals surface area contributed by atoms with Crippen molar-refractivity contribution in [1.29, 1.82) is 0 Å². The fraction of sp³-hybridized carbons (Fsp3) is 0.467. The molecule has 3 rings (SSSR count). The number of hydrogen-bond acceptors (Lipinski definition) is 6. The molecule has 1 unspecified atom stereocenters. The van der Waals surface area contributed by atoms with E-state index < -0.39 is 22.0 Å². The van der Waals surface area contributed by atoms with E-state index in [0.29, 0.717) is 17.0 Å². The number of rotatable bonds is 5. The van der Waals surface area contributed by atoms with Gasteiger partial charge in [-0.15, -0.1) is 0 Å². The van der Waals surface area contributed by atoms with Crippen LogP contribution in [-0.2, 0) is 4.79 Å². The second kappa shape index (κ2) is 18.5. The lowest BCUT2D eigenvalue weighted by Crippen LogP contribution is -2.57. The van der Waals surface area contributed by atoms with Gasteiger partial charge in [-0.2, -0.15) is 0 Å². The number of fused-ring (bicyclic) bond motifs is 1. The third kappa shape index (κ3) is 9.65. The SMILES string of the molecule is C=C/C=C\C1=CC(C)(C)C2(C=Cc3cc([N+](=O)[O-])ccc3O2)N1CC(=O)O.CC.CC.CC=NC.CCC. The molecule has 1 atom stereocenters. The molecule has 0 fully saturated rings. The van der Waals surface area contributed by atoms with Gasteiger partial charge in [0.15, 0.2) is 0 Å². The van der Waals surface area contributed by atoms with E-state index in [-0.39, 0.29) is 12.2 Å². The summed E-state index contributed by atoms with van der Waals surface area (Å²) in [4.78, 5) is 27.3. The van der Waals surface area contributed by atoms with Crippen molar-refractivity contribution in [2.45, 2.75) is 74.5 Å². The van der Waals surface area contributed by atoms with Crippen LogP contribution in [0.15, 0.2) is 65.8 Å². The minimum absolute atomic E-state index is 0.0289. The lowest BCUT2D eigenvalue weighted by atomic mass is 9.80. The number of carboxylic acids is 1. The van der Waals surface area contributed by atoms with E-state index >= 15 is 0 Å². The summed E-state index contributed by atoms with van der Waals surface area (Å²) >= 11 is 0. The number of allylic oxidation sites excluding steroid dienone is 3. The maximum atomic E-state index is 11.5. The Morgan fingerprint density at radius 1 is 1.24 bits per heavy atom. The van der Waals surface area contributed by atoms with Gasteiger partial charge >= 0.3 is 5.97 Å². The number of hydrogen-bond donors (Lipinski definition) is 1. The van der Waals surface area contributed by atoms with Crippen LogP contribution in [0, 0.1) is 15.5 Å². The molecule has 0 saturated heterocycles. The molecule has 8 nitrogen and oxygen atoms in total. The molecule has 2 aliphatic rings. The maximum absolute atomic E-state index is 11.5. The van der Waals surface area contributed by atoms with Crippen LogP contribution < -0.4 is 4.74 Å². The van der Waals surface area contributed by atoms with Crippen LogP contribution in [-0.4, -0.2) is 46.4 Å². The standard InChI is InChI=1S/C20H20N2O5.C3H7N.C3H8.2C2H6/c1-4-5-6-16-12-19(2,3)20(21(16)13-18(23)24)10-9-14-11-15(22(25)26)7-8-17(14)27-20;1-3-4-2;1-3-2;2*1-2/h4-12H,1,13H2,2-3H3,(H,23,24);3H,1-2H3;3H2,1-2H3;2*1-2H3/b6-5-;;;;. The van der Waals surface area contributed by atoms with Crippen molar-refractivity contribution in [3.8, 4) is 5.75 Å².